The Morgan fingerprint density at radius 2 is 1.58 bits per heavy atom. The molecule has 4 nitrogen and oxygen atoms in total. The molecule has 31 heavy (non-hydrogen) atoms. The van der Waals surface area contributed by atoms with Crippen molar-refractivity contribution in [2.24, 2.45) is 0 Å². The Labute approximate surface area is 195 Å². The van der Waals surface area contributed by atoms with Crippen molar-refractivity contribution in [1.29, 1.82) is 0 Å². The summed E-state index contributed by atoms with van der Waals surface area (Å²) in [6, 6.07) is 15.8. The maximum absolute atomic E-state index is 13.2. The monoisotopic (exact) mass is 486 g/mol. The fraction of sp³-hybridized carbons (Fsp3) is 0.462. The van der Waals surface area contributed by atoms with Gasteiger partial charge in [0.05, 0.1) is 0 Å². The average molecular weight is 487 g/mol. The Kier molecular flexibility index (Phi) is 9.30. The SMILES string of the molecule is CCCNC(=O)C(C)N(Cc1ccc(Br)cc1)C(=O)CCc1ccc(C(C)(C)C)cc1. The van der Waals surface area contributed by atoms with Gasteiger partial charge in [-0.3, -0.25) is 9.59 Å². The van der Waals surface area contributed by atoms with Gasteiger partial charge < -0.3 is 10.2 Å². The lowest BCUT2D eigenvalue weighted by molar-refractivity contribution is -0.140. The van der Waals surface area contributed by atoms with Crippen molar-refractivity contribution in [3.05, 3.63) is 69.7 Å². The molecule has 2 aromatic carbocycles. The lowest BCUT2D eigenvalue weighted by atomic mass is 9.86. The summed E-state index contributed by atoms with van der Waals surface area (Å²) >= 11 is 3.44. The Morgan fingerprint density at radius 3 is 2.13 bits per heavy atom. The zero-order chi connectivity index (χ0) is 23.0. The first kappa shape index (κ1) is 25.1. The van der Waals surface area contributed by atoms with Gasteiger partial charge in [-0.25, -0.2) is 0 Å². The summed E-state index contributed by atoms with van der Waals surface area (Å²) in [7, 11) is 0. The fourth-order valence-corrected chi connectivity index (χ4v) is 3.60. The second-order valence-corrected chi connectivity index (χ2v) is 9.98. The van der Waals surface area contributed by atoms with Crippen LogP contribution in [0.1, 0.15) is 64.2 Å². The van der Waals surface area contributed by atoms with Crippen molar-refractivity contribution >= 4 is 27.7 Å². The molecule has 1 N–H and O–H groups in total. The molecule has 1 unspecified atom stereocenters. The van der Waals surface area contributed by atoms with Gasteiger partial charge in [0.2, 0.25) is 11.8 Å². The summed E-state index contributed by atoms with van der Waals surface area (Å²) in [5, 5.41) is 2.92. The minimum Gasteiger partial charge on any atom is -0.354 e. The molecule has 0 aliphatic rings. The predicted octanol–water partition coefficient (Wildman–Crippen LogP) is 5.62. The number of hydrogen-bond acceptors (Lipinski definition) is 2. The lowest BCUT2D eigenvalue weighted by Gasteiger charge is -2.29. The first-order valence-corrected chi connectivity index (χ1v) is 11.8. The molecule has 2 rings (SSSR count). The number of carbonyl (C=O) groups is 2. The van der Waals surface area contributed by atoms with E-state index >= 15 is 0 Å². The van der Waals surface area contributed by atoms with Crippen molar-refractivity contribution in [3.8, 4) is 0 Å². The van der Waals surface area contributed by atoms with Crippen molar-refractivity contribution in [1.82, 2.24) is 10.2 Å². The van der Waals surface area contributed by atoms with Crippen LogP contribution < -0.4 is 5.32 Å². The number of nitrogens with one attached hydrogen (secondary N) is 1. The van der Waals surface area contributed by atoms with Crippen LogP contribution in [0.25, 0.3) is 0 Å². The summed E-state index contributed by atoms with van der Waals surface area (Å²) in [6.07, 6.45) is 1.89. The Balaban J connectivity index is 2.10. The van der Waals surface area contributed by atoms with Gasteiger partial charge in [-0.1, -0.05) is 80.0 Å². The van der Waals surface area contributed by atoms with E-state index in [-0.39, 0.29) is 17.2 Å². The minimum atomic E-state index is -0.522. The molecule has 0 bridgehead atoms. The van der Waals surface area contributed by atoms with Crippen LogP contribution in [0.5, 0.6) is 0 Å². The van der Waals surface area contributed by atoms with Gasteiger partial charge in [0.25, 0.3) is 0 Å². The van der Waals surface area contributed by atoms with E-state index in [1.54, 1.807) is 11.8 Å². The van der Waals surface area contributed by atoms with E-state index in [4.69, 9.17) is 0 Å². The molecule has 5 heteroatoms. The molecule has 0 fully saturated rings. The second kappa shape index (κ2) is 11.5. The van der Waals surface area contributed by atoms with Crippen molar-refractivity contribution in [2.45, 2.75) is 71.9 Å². The highest BCUT2D eigenvalue weighted by molar-refractivity contribution is 9.10. The van der Waals surface area contributed by atoms with Crippen molar-refractivity contribution in [3.63, 3.8) is 0 Å². The van der Waals surface area contributed by atoms with Crippen LogP contribution in [-0.4, -0.2) is 29.3 Å². The molecule has 0 aromatic heterocycles. The largest absolute Gasteiger partial charge is 0.354 e. The molecule has 0 saturated heterocycles. The molecule has 168 valence electrons. The highest BCUT2D eigenvalue weighted by atomic mass is 79.9. The highest BCUT2D eigenvalue weighted by Gasteiger charge is 2.25. The minimum absolute atomic E-state index is 0.0121. The van der Waals surface area contributed by atoms with Gasteiger partial charge >= 0.3 is 0 Å². The third-order valence-electron chi connectivity index (χ3n) is 5.43. The lowest BCUT2D eigenvalue weighted by Crippen LogP contribution is -2.47. The number of carbonyl (C=O) groups excluding carboxylic acids is 2. The Bertz CT molecular complexity index is 854. The second-order valence-electron chi connectivity index (χ2n) is 9.06. The molecule has 0 saturated carbocycles. The first-order valence-electron chi connectivity index (χ1n) is 11.0. The maximum atomic E-state index is 13.2. The molecular weight excluding hydrogens is 452 g/mol. The predicted molar refractivity (Wildman–Crippen MR) is 131 cm³/mol. The van der Waals surface area contributed by atoms with Gasteiger partial charge in [-0.05, 0) is 54.0 Å². The maximum Gasteiger partial charge on any atom is 0.242 e. The summed E-state index contributed by atoms with van der Waals surface area (Å²) in [6.45, 7) is 11.4. The summed E-state index contributed by atoms with van der Waals surface area (Å²) < 4.78 is 0.988. The fourth-order valence-electron chi connectivity index (χ4n) is 3.33. The number of amides is 2. The normalized spacial score (nSPS) is 12.3. The van der Waals surface area contributed by atoms with E-state index < -0.39 is 6.04 Å². The van der Waals surface area contributed by atoms with Crippen LogP contribution in [0.2, 0.25) is 0 Å². The number of hydrogen-bond donors (Lipinski definition) is 1. The zero-order valence-electron chi connectivity index (χ0n) is 19.4. The number of rotatable bonds is 9. The standard InChI is InChI=1S/C26H35BrN2O2/c1-6-17-28-25(31)19(2)29(18-21-9-14-23(27)15-10-21)24(30)16-11-20-7-12-22(13-8-20)26(3,4)5/h7-10,12-15,19H,6,11,16-18H2,1-5H3,(H,28,31). The molecule has 0 spiro atoms. The first-order chi connectivity index (χ1) is 14.6. The summed E-state index contributed by atoms with van der Waals surface area (Å²) in [5.41, 5.74) is 3.52. The molecule has 0 aliphatic heterocycles. The van der Waals surface area contributed by atoms with Gasteiger partial charge in [-0.2, -0.15) is 0 Å². The average Bonchev–Trinajstić information content (AvgIpc) is 2.74. The molecule has 1 atom stereocenters. The van der Waals surface area contributed by atoms with Crippen LogP contribution in [0.4, 0.5) is 0 Å². The zero-order valence-corrected chi connectivity index (χ0v) is 21.0. The summed E-state index contributed by atoms with van der Waals surface area (Å²) in [4.78, 5) is 27.4. The topological polar surface area (TPSA) is 49.4 Å². The van der Waals surface area contributed by atoms with Crippen molar-refractivity contribution < 1.29 is 9.59 Å². The Morgan fingerprint density at radius 1 is 1.00 bits per heavy atom. The van der Waals surface area contributed by atoms with E-state index in [0.717, 1.165) is 22.0 Å². The molecule has 0 aliphatic carbocycles. The van der Waals surface area contributed by atoms with Gasteiger partial charge in [-0.15, -0.1) is 0 Å². The van der Waals surface area contributed by atoms with Crippen LogP contribution >= 0.6 is 15.9 Å². The number of halogens is 1. The van der Waals surface area contributed by atoms with E-state index in [2.05, 4.69) is 66.3 Å². The van der Waals surface area contributed by atoms with Crippen LogP contribution in [-0.2, 0) is 28.0 Å². The van der Waals surface area contributed by atoms with E-state index in [1.165, 1.54) is 5.56 Å². The Hall–Kier alpha value is -2.14. The van der Waals surface area contributed by atoms with Gasteiger partial charge in [0, 0.05) is 24.0 Å². The van der Waals surface area contributed by atoms with Crippen LogP contribution in [0.15, 0.2) is 53.0 Å². The quantitative estimate of drug-likeness (QED) is 0.499. The van der Waals surface area contributed by atoms with Gasteiger partial charge in [0.15, 0.2) is 0 Å². The molecular formula is C26H35BrN2O2. The number of benzene rings is 2. The molecule has 0 radical (unpaired) electrons. The molecule has 2 aromatic rings. The van der Waals surface area contributed by atoms with Gasteiger partial charge in [0.1, 0.15) is 6.04 Å². The van der Waals surface area contributed by atoms with Crippen molar-refractivity contribution in [2.75, 3.05) is 6.54 Å². The molecule has 2 amide bonds. The highest BCUT2D eigenvalue weighted by Crippen LogP contribution is 2.23. The van der Waals surface area contributed by atoms with Crippen LogP contribution in [0.3, 0.4) is 0 Å². The van der Waals surface area contributed by atoms with E-state index in [1.807, 2.05) is 31.2 Å². The smallest absolute Gasteiger partial charge is 0.242 e. The van der Waals surface area contributed by atoms with E-state index in [9.17, 15) is 9.59 Å². The third kappa shape index (κ3) is 7.80. The molecule has 0 heterocycles. The van der Waals surface area contributed by atoms with E-state index in [0.29, 0.717) is 25.9 Å². The third-order valence-corrected chi connectivity index (χ3v) is 5.96. The van der Waals surface area contributed by atoms with Crippen LogP contribution in [0, 0.1) is 0 Å². The number of nitrogens with zero attached hydrogens (tertiary/aromatic N) is 1. The number of aryl methyl sites for hydroxylation is 1. The summed E-state index contributed by atoms with van der Waals surface area (Å²) in [5.74, 6) is -0.121.